The number of hydrogen-bond acceptors (Lipinski definition) is 10. The van der Waals surface area contributed by atoms with Crippen LogP contribution in [0, 0.1) is 32.0 Å². The maximum Gasteiger partial charge on any atom is 3.00 e. The van der Waals surface area contributed by atoms with Gasteiger partial charge in [0.1, 0.15) is 0 Å². The standard InChI is InChI=1S/2C2H8N2.3CHNS.Cr/c2*3-1-2-4;3*2-1-3;/h2*1-4H2;3*3H;/q;;;;;+3/p-3. The molecule has 103 valence electrons. The molecule has 1 radical (unpaired) electrons. The van der Waals surface area contributed by atoms with Gasteiger partial charge >= 0.3 is 17.4 Å². The first kappa shape index (κ1) is 36.0. The van der Waals surface area contributed by atoms with Crippen molar-refractivity contribution in [2.45, 2.75) is 0 Å². The number of thiocyanates is 3. The number of nitriles is 3. The molecule has 0 aliphatic rings. The van der Waals surface area contributed by atoms with Crippen molar-refractivity contribution in [3.05, 3.63) is 0 Å². The van der Waals surface area contributed by atoms with Crippen molar-refractivity contribution in [2.75, 3.05) is 26.2 Å². The van der Waals surface area contributed by atoms with Crippen molar-refractivity contribution in [3.8, 4) is 16.2 Å². The van der Waals surface area contributed by atoms with Gasteiger partial charge in [0.25, 0.3) is 0 Å². The van der Waals surface area contributed by atoms with E-state index in [1.165, 1.54) is 16.2 Å². The Morgan fingerprint density at radius 2 is 0.667 bits per heavy atom. The molecule has 11 heteroatoms. The smallest absolute Gasteiger partial charge is 0.696 e. The van der Waals surface area contributed by atoms with Crippen LogP contribution in [0.25, 0.3) is 0 Å². The second-order valence-corrected chi connectivity index (χ2v) is 1.98. The zero-order valence-electron chi connectivity index (χ0n) is 9.61. The van der Waals surface area contributed by atoms with Gasteiger partial charge in [0.05, 0.1) is 0 Å². The van der Waals surface area contributed by atoms with E-state index in [0.717, 1.165) is 0 Å². The minimum absolute atomic E-state index is 0. The number of nitrogens with two attached hydrogens (primary N) is 4. The molecule has 0 aromatic rings. The third-order valence-corrected chi connectivity index (χ3v) is 0.333. The van der Waals surface area contributed by atoms with E-state index in [0.29, 0.717) is 26.2 Å². The van der Waals surface area contributed by atoms with E-state index in [1.807, 2.05) is 0 Å². The molecule has 0 aromatic carbocycles. The molecule has 0 bridgehead atoms. The van der Waals surface area contributed by atoms with Crippen LogP contribution in [0.2, 0.25) is 0 Å². The van der Waals surface area contributed by atoms with E-state index in [1.54, 1.807) is 0 Å². The summed E-state index contributed by atoms with van der Waals surface area (Å²) in [6, 6.07) is 0. The SMILES string of the molecule is N#C[S-].N#C[S-].N#C[S-].NCCN.NCCN.[Cr+3]. The molecule has 0 spiro atoms. The molecule has 0 fully saturated rings. The van der Waals surface area contributed by atoms with Crippen molar-refractivity contribution in [1.29, 1.82) is 15.8 Å². The molecular formula is C7H16CrN7S3. The van der Waals surface area contributed by atoms with Gasteiger partial charge in [-0.15, -0.1) is 0 Å². The van der Waals surface area contributed by atoms with Crippen LogP contribution in [-0.4, -0.2) is 26.2 Å². The van der Waals surface area contributed by atoms with Crippen LogP contribution in [0.1, 0.15) is 0 Å². The van der Waals surface area contributed by atoms with Gasteiger partial charge in [-0.3, -0.25) is 0 Å². The molecule has 0 unspecified atom stereocenters. The summed E-state index contributed by atoms with van der Waals surface area (Å²) < 4.78 is 0. The third kappa shape index (κ3) is 1440. The molecule has 18 heavy (non-hydrogen) atoms. The summed E-state index contributed by atoms with van der Waals surface area (Å²) >= 11 is 11.1. The van der Waals surface area contributed by atoms with Crippen LogP contribution < -0.4 is 22.9 Å². The van der Waals surface area contributed by atoms with E-state index in [4.69, 9.17) is 38.7 Å². The molecular weight excluding hydrogens is 330 g/mol. The van der Waals surface area contributed by atoms with Crippen LogP contribution in [0.4, 0.5) is 0 Å². The van der Waals surface area contributed by atoms with Crippen LogP contribution in [0.15, 0.2) is 0 Å². The fourth-order valence-corrected chi connectivity index (χ4v) is 0. The van der Waals surface area contributed by atoms with Gasteiger partial charge < -0.3 is 60.8 Å². The van der Waals surface area contributed by atoms with Gasteiger partial charge in [-0.2, -0.15) is 0 Å². The Morgan fingerprint density at radius 1 is 0.611 bits per heavy atom. The third-order valence-electron chi connectivity index (χ3n) is 0.333. The van der Waals surface area contributed by atoms with Gasteiger partial charge in [0.2, 0.25) is 0 Å². The van der Waals surface area contributed by atoms with Crippen molar-refractivity contribution < 1.29 is 17.4 Å². The Balaban J connectivity index is -0.0000000249. The fourth-order valence-electron chi connectivity index (χ4n) is 0. The van der Waals surface area contributed by atoms with Crippen molar-refractivity contribution in [2.24, 2.45) is 22.9 Å². The van der Waals surface area contributed by atoms with Gasteiger partial charge in [0, 0.05) is 26.2 Å². The van der Waals surface area contributed by atoms with E-state index in [-0.39, 0.29) is 17.4 Å². The number of hydrogen-bond donors (Lipinski definition) is 4. The zero-order chi connectivity index (χ0) is 14.9. The van der Waals surface area contributed by atoms with Gasteiger partial charge in [-0.1, -0.05) is 16.2 Å². The molecule has 0 aliphatic heterocycles. The maximum absolute atomic E-state index is 7.13. The first-order valence-corrected chi connectivity index (χ1v) is 5.14. The summed E-state index contributed by atoms with van der Waals surface area (Å²) in [4.78, 5) is 0. The quantitative estimate of drug-likeness (QED) is 0.318. The summed E-state index contributed by atoms with van der Waals surface area (Å²) in [5.41, 5.74) is 19.6. The van der Waals surface area contributed by atoms with Crippen LogP contribution in [0.5, 0.6) is 0 Å². The van der Waals surface area contributed by atoms with Crippen molar-refractivity contribution in [1.82, 2.24) is 0 Å². The van der Waals surface area contributed by atoms with Crippen LogP contribution >= 0.6 is 0 Å². The maximum atomic E-state index is 7.13. The Bertz CT molecular complexity index is 162. The Kier molecular flexibility index (Phi) is 188. The molecule has 0 saturated carbocycles. The molecule has 7 nitrogen and oxygen atoms in total. The van der Waals surface area contributed by atoms with Crippen LogP contribution in [-0.2, 0) is 55.2 Å². The van der Waals surface area contributed by atoms with Gasteiger partial charge in [-0.05, 0) is 0 Å². The predicted molar refractivity (Wildman–Crippen MR) is 75.2 cm³/mol. The summed E-state index contributed by atoms with van der Waals surface area (Å²) in [6.07, 6.45) is 0. The van der Waals surface area contributed by atoms with Gasteiger partial charge in [-0.25, -0.2) is 15.8 Å². The Labute approximate surface area is 136 Å². The minimum Gasteiger partial charge on any atom is -0.696 e. The van der Waals surface area contributed by atoms with Crippen molar-refractivity contribution >= 4 is 37.9 Å². The molecule has 0 saturated heterocycles. The minimum atomic E-state index is 0. The molecule has 0 rings (SSSR count). The topological polar surface area (TPSA) is 175 Å². The number of rotatable bonds is 2. The van der Waals surface area contributed by atoms with E-state index >= 15 is 0 Å². The van der Waals surface area contributed by atoms with E-state index < -0.39 is 0 Å². The number of nitrogens with zero attached hydrogens (tertiary/aromatic N) is 3. The first-order valence-electron chi connectivity index (χ1n) is 3.92. The average Bonchev–Trinajstić information content (AvgIpc) is 2.32. The summed E-state index contributed by atoms with van der Waals surface area (Å²) in [5.74, 6) is 0. The second-order valence-electron chi connectivity index (χ2n) is 1.43. The summed E-state index contributed by atoms with van der Waals surface area (Å²) in [5, 5.41) is 25.4. The fraction of sp³-hybridized carbons (Fsp3) is 0.571. The van der Waals surface area contributed by atoms with Crippen LogP contribution in [0.3, 0.4) is 0 Å². The molecule has 8 N–H and O–H groups in total. The van der Waals surface area contributed by atoms with E-state index in [2.05, 4.69) is 37.9 Å². The zero-order valence-corrected chi connectivity index (χ0v) is 13.3. The molecule has 0 heterocycles. The molecule has 0 amide bonds. The second kappa shape index (κ2) is 93.8. The molecule has 0 aliphatic carbocycles. The summed E-state index contributed by atoms with van der Waals surface area (Å²) in [7, 11) is 0. The predicted octanol–water partition coefficient (Wildman–Crippen LogP) is -2.15. The normalized spacial score (nSPS) is 4.50. The largest absolute Gasteiger partial charge is 3.00 e. The average molecular weight is 346 g/mol. The first-order chi connectivity index (χ1) is 8.07. The Hall–Kier alpha value is -0.498. The monoisotopic (exact) mass is 346 g/mol. The summed E-state index contributed by atoms with van der Waals surface area (Å²) in [6.45, 7) is 2.39. The molecule has 0 atom stereocenters. The van der Waals surface area contributed by atoms with Gasteiger partial charge in [0.15, 0.2) is 0 Å². The van der Waals surface area contributed by atoms with E-state index in [9.17, 15) is 0 Å². The Morgan fingerprint density at radius 3 is 0.667 bits per heavy atom. The van der Waals surface area contributed by atoms with Crippen molar-refractivity contribution in [3.63, 3.8) is 0 Å². The molecule has 0 aromatic heterocycles.